The molecule has 3 rings (SSSR count). The Bertz CT molecular complexity index is 1030. The van der Waals surface area contributed by atoms with Crippen LogP contribution in [0.2, 0.25) is 10.0 Å². The number of halogens is 3. The molecular weight excluding hydrogens is 474 g/mol. The number of benzene rings is 2. The van der Waals surface area contributed by atoms with Gasteiger partial charge in [0.1, 0.15) is 11.6 Å². The Morgan fingerprint density at radius 1 is 1.33 bits per heavy atom. The molecule has 2 aromatic rings. The predicted octanol–water partition coefficient (Wildman–Crippen LogP) is 3.71. The summed E-state index contributed by atoms with van der Waals surface area (Å²) in [7, 11) is -3.63. The number of ether oxygens (including phenoxy) is 1. The first-order valence-corrected chi connectivity index (χ1v) is 12.6. The minimum Gasteiger partial charge on any atom is -0.476 e. The van der Waals surface area contributed by atoms with E-state index in [1.807, 2.05) is 0 Å². The number of thioether (sulfide) groups is 1. The summed E-state index contributed by atoms with van der Waals surface area (Å²) >= 11 is 13.4. The van der Waals surface area contributed by atoms with Crippen molar-refractivity contribution in [1.82, 2.24) is 5.32 Å². The number of rotatable bonds is 7. The lowest BCUT2D eigenvalue weighted by Crippen LogP contribution is -2.50. The molecule has 1 N–H and O–H groups in total. The third-order valence-corrected chi connectivity index (χ3v) is 7.06. The maximum Gasteiger partial charge on any atom is 0.263 e. The van der Waals surface area contributed by atoms with E-state index in [0.717, 1.165) is 10.6 Å². The fourth-order valence-electron chi connectivity index (χ4n) is 2.88. The zero-order chi connectivity index (χ0) is 21.9. The molecule has 11 heteroatoms. The topological polar surface area (TPSA) is 75.7 Å². The molecule has 0 saturated heterocycles. The molecule has 1 heterocycles. The van der Waals surface area contributed by atoms with Gasteiger partial charge in [-0.15, -0.1) is 0 Å². The van der Waals surface area contributed by atoms with Crippen LogP contribution in [0.15, 0.2) is 36.4 Å². The molecular formula is C19H19Cl2FN2O4S2. The van der Waals surface area contributed by atoms with E-state index < -0.39 is 22.0 Å². The van der Waals surface area contributed by atoms with Crippen molar-refractivity contribution in [2.24, 2.45) is 0 Å². The van der Waals surface area contributed by atoms with E-state index in [2.05, 4.69) is 5.32 Å². The van der Waals surface area contributed by atoms with Gasteiger partial charge in [0.2, 0.25) is 10.0 Å². The molecule has 6 nitrogen and oxygen atoms in total. The van der Waals surface area contributed by atoms with Crippen LogP contribution in [0.25, 0.3) is 0 Å². The van der Waals surface area contributed by atoms with Crippen LogP contribution in [0.3, 0.4) is 0 Å². The summed E-state index contributed by atoms with van der Waals surface area (Å²) in [6, 6.07) is 9.09. The van der Waals surface area contributed by atoms with Crippen molar-refractivity contribution in [2.45, 2.75) is 11.9 Å². The summed E-state index contributed by atoms with van der Waals surface area (Å²) in [6.45, 7) is 0.151. The van der Waals surface area contributed by atoms with Crippen molar-refractivity contribution in [3.05, 3.63) is 57.8 Å². The van der Waals surface area contributed by atoms with Gasteiger partial charge in [0.25, 0.3) is 5.91 Å². The van der Waals surface area contributed by atoms with Crippen molar-refractivity contribution in [3.63, 3.8) is 0 Å². The molecule has 1 amide bonds. The van der Waals surface area contributed by atoms with E-state index in [9.17, 15) is 17.6 Å². The van der Waals surface area contributed by atoms with Gasteiger partial charge in [-0.3, -0.25) is 9.10 Å². The van der Waals surface area contributed by atoms with E-state index in [-0.39, 0.29) is 18.1 Å². The number of nitrogens with zero attached hydrogens (tertiary/aromatic N) is 1. The second-order valence-electron chi connectivity index (χ2n) is 6.56. The average molecular weight is 493 g/mol. The summed E-state index contributed by atoms with van der Waals surface area (Å²) < 4.78 is 44.9. The number of sulfonamides is 1. The molecule has 0 saturated carbocycles. The standard InChI is InChI=1S/C19H19Cl2FN2O4S2/c1-30(26,27)24-10-18(28-17-6-5-12(20)9-16(17)24)19(25)23-7-8-29-11-13-14(21)3-2-4-15(13)22/h2-6,9,18H,7-8,10-11H2,1H3,(H,23,25)/t18-/m1/s1. The van der Waals surface area contributed by atoms with E-state index >= 15 is 0 Å². The highest BCUT2D eigenvalue weighted by Crippen LogP contribution is 2.37. The molecule has 0 radical (unpaired) electrons. The first-order valence-electron chi connectivity index (χ1n) is 8.89. The number of anilines is 1. The summed E-state index contributed by atoms with van der Waals surface area (Å²) in [6.07, 6.45) is 0.0574. The number of hydrogen-bond acceptors (Lipinski definition) is 5. The van der Waals surface area contributed by atoms with E-state index in [1.54, 1.807) is 18.2 Å². The number of fused-ring (bicyclic) bond motifs is 1. The van der Waals surface area contributed by atoms with Crippen molar-refractivity contribution < 1.29 is 22.3 Å². The van der Waals surface area contributed by atoms with Crippen LogP contribution in [0, 0.1) is 5.82 Å². The van der Waals surface area contributed by atoms with Crippen molar-refractivity contribution >= 4 is 56.6 Å². The molecule has 2 aromatic carbocycles. The Hall–Kier alpha value is -1.68. The predicted molar refractivity (Wildman–Crippen MR) is 119 cm³/mol. The number of hydrogen-bond donors (Lipinski definition) is 1. The van der Waals surface area contributed by atoms with Crippen molar-refractivity contribution in [3.8, 4) is 5.75 Å². The van der Waals surface area contributed by atoms with Crippen LogP contribution < -0.4 is 14.4 Å². The first kappa shape index (κ1) is 23.0. The van der Waals surface area contributed by atoms with Crippen molar-refractivity contribution in [2.75, 3.05) is 29.4 Å². The van der Waals surface area contributed by atoms with Gasteiger partial charge >= 0.3 is 0 Å². The molecule has 0 aromatic heterocycles. The third kappa shape index (κ3) is 5.51. The molecule has 0 aliphatic carbocycles. The van der Waals surface area contributed by atoms with Gasteiger partial charge < -0.3 is 10.1 Å². The first-order chi connectivity index (χ1) is 14.2. The molecule has 30 heavy (non-hydrogen) atoms. The van der Waals surface area contributed by atoms with Crippen LogP contribution >= 0.6 is 35.0 Å². The maximum absolute atomic E-state index is 13.8. The highest BCUT2D eigenvalue weighted by atomic mass is 35.5. The Morgan fingerprint density at radius 3 is 2.80 bits per heavy atom. The Labute approximate surface area is 188 Å². The molecule has 1 aliphatic heterocycles. The largest absolute Gasteiger partial charge is 0.476 e. The average Bonchev–Trinajstić information content (AvgIpc) is 2.68. The number of carbonyl (C=O) groups is 1. The lowest BCUT2D eigenvalue weighted by molar-refractivity contribution is -0.127. The van der Waals surface area contributed by atoms with Gasteiger partial charge in [0.15, 0.2) is 6.10 Å². The number of amides is 1. The Morgan fingerprint density at radius 2 is 2.10 bits per heavy atom. The monoisotopic (exact) mass is 492 g/mol. The lowest BCUT2D eigenvalue weighted by atomic mass is 10.2. The minimum absolute atomic E-state index is 0.157. The van der Waals surface area contributed by atoms with Crippen LogP contribution in [-0.4, -0.2) is 45.5 Å². The lowest BCUT2D eigenvalue weighted by Gasteiger charge is -2.34. The number of nitrogens with one attached hydrogen (secondary N) is 1. The molecule has 1 aliphatic rings. The molecule has 162 valence electrons. The maximum atomic E-state index is 13.8. The molecule has 0 fully saturated rings. The smallest absolute Gasteiger partial charge is 0.263 e. The summed E-state index contributed by atoms with van der Waals surface area (Å²) in [5, 5.41) is 3.45. The van der Waals surface area contributed by atoms with Gasteiger partial charge in [-0.1, -0.05) is 29.3 Å². The quantitative estimate of drug-likeness (QED) is 0.596. The van der Waals surface area contributed by atoms with Gasteiger partial charge in [0, 0.05) is 33.7 Å². The number of carbonyl (C=O) groups excluding carboxylic acids is 1. The Balaban J connectivity index is 1.56. The Kier molecular flexibility index (Phi) is 7.38. The van der Waals surface area contributed by atoms with E-state index in [1.165, 1.54) is 30.0 Å². The van der Waals surface area contributed by atoms with E-state index in [4.69, 9.17) is 27.9 Å². The normalized spacial score (nSPS) is 16.0. The minimum atomic E-state index is -3.63. The second kappa shape index (κ2) is 9.64. The summed E-state index contributed by atoms with van der Waals surface area (Å²) in [5.41, 5.74) is 0.719. The zero-order valence-electron chi connectivity index (χ0n) is 15.9. The van der Waals surface area contributed by atoms with Gasteiger partial charge in [-0.05, 0) is 30.3 Å². The highest BCUT2D eigenvalue weighted by molar-refractivity contribution is 7.98. The molecule has 0 bridgehead atoms. The fourth-order valence-corrected chi connectivity index (χ4v) is 5.15. The van der Waals surface area contributed by atoms with Crippen LogP contribution in [0.1, 0.15) is 5.56 Å². The fraction of sp³-hybridized carbons (Fsp3) is 0.316. The molecule has 1 atom stereocenters. The van der Waals surface area contributed by atoms with Crippen molar-refractivity contribution in [1.29, 1.82) is 0 Å². The third-order valence-electron chi connectivity index (χ3n) is 4.34. The van der Waals surface area contributed by atoms with Crippen LogP contribution in [0.5, 0.6) is 5.75 Å². The van der Waals surface area contributed by atoms with Gasteiger partial charge in [0.05, 0.1) is 18.5 Å². The zero-order valence-corrected chi connectivity index (χ0v) is 19.0. The second-order valence-corrected chi connectivity index (χ2v) is 10.4. The highest BCUT2D eigenvalue weighted by Gasteiger charge is 2.35. The SMILES string of the molecule is CS(=O)(=O)N1C[C@H](C(=O)NCCSCc2c(F)cccc2Cl)Oc2ccc(Cl)cc21. The van der Waals surface area contributed by atoms with Gasteiger partial charge in [-0.25, -0.2) is 12.8 Å². The van der Waals surface area contributed by atoms with Crippen LogP contribution in [0.4, 0.5) is 10.1 Å². The summed E-state index contributed by atoms with van der Waals surface area (Å²) in [5.74, 6) is 0.352. The molecule has 0 unspecified atom stereocenters. The summed E-state index contributed by atoms with van der Waals surface area (Å²) in [4.78, 5) is 12.5. The van der Waals surface area contributed by atoms with Gasteiger partial charge in [-0.2, -0.15) is 11.8 Å². The molecule has 0 spiro atoms. The van der Waals surface area contributed by atoms with E-state index in [0.29, 0.717) is 39.3 Å². The van der Waals surface area contributed by atoms with Crippen LogP contribution in [-0.2, 0) is 20.6 Å².